The van der Waals surface area contributed by atoms with Gasteiger partial charge in [-0.1, -0.05) is 0 Å². The first kappa shape index (κ1) is 12.8. The van der Waals surface area contributed by atoms with Crippen LogP contribution in [0.15, 0.2) is 0 Å². The van der Waals surface area contributed by atoms with E-state index in [9.17, 15) is 20.2 Å². The number of hydrogen-bond acceptors (Lipinski definition) is 6. The summed E-state index contributed by atoms with van der Waals surface area (Å²) in [5.41, 5.74) is -1.64. The molecule has 0 saturated carbocycles. The van der Waals surface area contributed by atoms with Gasteiger partial charge in [0, 0.05) is 9.85 Å². The van der Waals surface area contributed by atoms with Crippen LogP contribution < -0.4 is 0 Å². The number of nitriles is 2. The van der Waals surface area contributed by atoms with E-state index in [4.69, 9.17) is 10.5 Å². The maximum Gasteiger partial charge on any atom is 0.309 e. The second-order valence-corrected chi connectivity index (χ2v) is 3.46. The highest BCUT2D eigenvalue weighted by molar-refractivity contribution is 5.05. The van der Waals surface area contributed by atoms with Crippen LogP contribution in [0, 0.1) is 48.3 Å². The fraction of sp³-hybridized carbons (Fsp3) is 0.714. The molecule has 0 radical (unpaired) electrons. The van der Waals surface area contributed by atoms with Crippen molar-refractivity contribution in [3.63, 3.8) is 0 Å². The van der Waals surface area contributed by atoms with Crippen molar-refractivity contribution in [3.05, 3.63) is 20.2 Å². The van der Waals surface area contributed by atoms with Crippen LogP contribution in [0.5, 0.6) is 0 Å². The third-order valence-electron chi connectivity index (χ3n) is 2.08. The zero-order valence-corrected chi connectivity index (χ0v) is 8.08. The van der Waals surface area contributed by atoms with Crippen molar-refractivity contribution >= 4 is 0 Å². The first-order valence-electron chi connectivity index (χ1n) is 3.85. The lowest BCUT2D eigenvalue weighted by molar-refractivity contribution is -0.570. The monoisotopic (exact) mass is 212 g/mol. The molecule has 0 aliphatic rings. The number of rotatable bonds is 4. The molecule has 15 heavy (non-hydrogen) atoms. The van der Waals surface area contributed by atoms with Crippen LogP contribution >= 0.6 is 0 Å². The molecule has 0 spiro atoms. The highest BCUT2D eigenvalue weighted by atomic mass is 16.6. The van der Waals surface area contributed by atoms with Crippen molar-refractivity contribution in [2.45, 2.75) is 25.9 Å². The normalized spacial score (nSPS) is 14.4. The molecule has 0 aromatic carbocycles. The molecule has 8 nitrogen and oxygen atoms in total. The number of nitrogens with zero attached hydrogens (tertiary/aromatic N) is 4. The van der Waals surface area contributed by atoms with Crippen molar-refractivity contribution < 1.29 is 9.85 Å². The van der Waals surface area contributed by atoms with Gasteiger partial charge in [0.25, 0.3) is 0 Å². The molecule has 0 heterocycles. The Balaban J connectivity index is 5.29. The van der Waals surface area contributed by atoms with Crippen LogP contribution in [-0.4, -0.2) is 21.9 Å². The van der Waals surface area contributed by atoms with Gasteiger partial charge >= 0.3 is 12.1 Å². The summed E-state index contributed by atoms with van der Waals surface area (Å²) in [6, 6.07) is -0.856. The SMILES string of the molecule is CC(C)([C@@H](C#N)[N+](=O)[O-])[C@@H](C#N)[N+](=O)[O-]. The first-order chi connectivity index (χ1) is 6.78. The molecular weight excluding hydrogens is 204 g/mol. The molecular formula is C7H8N4O4. The minimum Gasteiger partial charge on any atom is -0.263 e. The highest BCUT2D eigenvalue weighted by Crippen LogP contribution is 2.28. The van der Waals surface area contributed by atoms with E-state index in [-0.39, 0.29) is 0 Å². The summed E-state index contributed by atoms with van der Waals surface area (Å²) in [5.74, 6) is 0. The van der Waals surface area contributed by atoms with Gasteiger partial charge in [-0.3, -0.25) is 20.2 Å². The van der Waals surface area contributed by atoms with Crippen LogP contribution in [0.1, 0.15) is 13.8 Å². The highest BCUT2D eigenvalue weighted by Gasteiger charge is 2.52. The average Bonchev–Trinajstić information content (AvgIpc) is 2.02. The van der Waals surface area contributed by atoms with E-state index in [1.807, 2.05) is 0 Å². The molecule has 0 unspecified atom stereocenters. The van der Waals surface area contributed by atoms with Gasteiger partial charge < -0.3 is 0 Å². The fourth-order valence-corrected chi connectivity index (χ4v) is 1.12. The second-order valence-electron chi connectivity index (χ2n) is 3.46. The van der Waals surface area contributed by atoms with Crippen molar-refractivity contribution in [2.75, 3.05) is 0 Å². The summed E-state index contributed by atoms with van der Waals surface area (Å²) in [6.07, 6.45) is 0. The maximum absolute atomic E-state index is 10.5. The third kappa shape index (κ3) is 2.38. The van der Waals surface area contributed by atoms with Gasteiger partial charge in [-0.15, -0.1) is 0 Å². The Hall–Kier alpha value is -2.22. The molecule has 0 N–H and O–H groups in total. The summed E-state index contributed by atoms with van der Waals surface area (Å²) in [5, 5.41) is 38.0. The summed E-state index contributed by atoms with van der Waals surface area (Å²) in [7, 11) is 0. The molecule has 0 bridgehead atoms. The Bertz CT molecular complexity index is 330. The molecule has 0 rings (SSSR count). The first-order valence-corrected chi connectivity index (χ1v) is 3.85. The molecule has 0 amide bonds. The molecule has 0 aliphatic carbocycles. The van der Waals surface area contributed by atoms with Gasteiger partial charge in [0.1, 0.15) is 17.6 Å². The quantitative estimate of drug-likeness (QED) is 0.487. The molecule has 0 fully saturated rings. The summed E-state index contributed by atoms with van der Waals surface area (Å²) in [4.78, 5) is 19.1. The van der Waals surface area contributed by atoms with Gasteiger partial charge in [-0.05, 0) is 13.8 Å². The van der Waals surface area contributed by atoms with Crippen LogP contribution in [-0.2, 0) is 0 Å². The minimum atomic E-state index is -1.78. The zero-order valence-electron chi connectivity index (χ0n) is 8.08. The molecule has 8 heteroatoms. The Morgan fingerprint density at radius 3 is 1.47 bits per heavy atom. The summed E-state index contributed by atoms with van der Waals surface area (Å²) < 4.78 is 0. The van der Waals surface area contributed by atoms with E-state index in [0.717, 1.165) is 13.8 Å². The van der Waals surface area contributed by atoms with E-state index in [2.05, 4.69) is 0 Å². The number of hydrogen-bond donors (Lipinski definition) is 0. The lowest BCUT2D eigenvalue weighted by Gasteiger charge is -2.22. The largest absolute Gasteiger partial charge is 0.309 e. The third-order valence-corrected chi connectivity index (χ3v) is 2.08. The van der Waals surface area contributed by atoms with Crippen LogP contribution in [0.4, 0.5) is 0 Å². The smallest absolute Gasteiger partial charge is 0.263 e. The molecule has 0 aromatic heterocycles. The number of nitro groups is 2. The predicted octanol–water partition coefficient (Wildman–Crippen LogP) is 0.350. The van der Waals surface area contributed by atoms with Gasteiger partial charge in [0.15, 0.2) is 0 Å². The van der Waals surface area contributed by atoms with Crippen LogP contribution in [0.25, 0.3) is 0 Å². The Kier molecular flexibility index (Phi) is 3.69. The van der Waals surface area contributed by atoms with Gasteiger partial charge in [0.2, 0.25) is 0 Å². The van der Waals surface area contributed by atoms with Gasteiger partial charge in [-0.25, -0.2) is 0 Å². The standard InChI is InChI=1S/C7H8N4O4/c1-7(2,5(3-8)10(12)13)6(4-9)11(14)15/h5-6H,1-2H3/t5-,6-/m1/s1. The molecule has 0 saturated heterocycles. The second kappa shape index (κ2) is 4.33. The van der Waals surface area contributed by atoms with E-state index < -0.39 is 27.3 Å². The Labute approximate surface area is 85.0 Å². The fourth-order valence-electron chi connectivity index (χ4n) is 1.12. The van der Waals surface area contributed by atoms with Gasteiger partial charge in [-0.2, -0.15) is 10.5 Å². The van der Waals surface area contributed by atoms with Crippen molar-refractivity contribution in [1.29, 1.82) is 10.5 Å². The van der Waals surface area contributed by atoms with E-state index in [0.29, 0.717) is 0 Å². The zero-order chi connectivity index (χ0) is 12.2. The lowest BCUT2D eigenvalue weighted by atomic mass is 9.79. The predicted molar refractivity (Wildman–Crippen MR) is 46.6 cm³/mol. The summed E-state index contributed by atoms with van der Waals surface area (Å²) in [6.45, 7) is 2.31. The topological polar surface area (TPSA) is 134 Å². The molecule has 0 aliphatic heterocycles. The Morgan fingerprint density at radius 2 is 1.33 bits per heavy atom. The maximum atomic E-state index is 10.5. The van der Waals surface area contributed by atoms with E-state index in [1.165, 1.54) is 12.1 Å². The molecule has 0 aromatic rings. The van der Waals surface area contributed by atoms with Crippen molar-refractivity contribution in [1.82, 2.24) is 0 Å². The Morgan fingerprint density at radius 1 is 1.07 bits per heavy atom. The molecule has 2 atom stereocenters. The summed E-state index contributed by atoms with van der Waals surface area (Å²) >= 11 is 0. The molecule has 80 valence electrons. The average molecular weight is 212 g/mol. The van der Waals surface area contributed by atoms with E-state index in [1.54, 1.807) is 0 Å². The minimum absolute atomic E-state index is 0.923. The van der Waals surface area contributed by atoms with Crippen LogP contribution in [0.3, 0.4) is 0 Å². The van der Waals surface area contributed by atoms with Gasteiger partial charge in [0.05, 0.1) is 0 Å². The van der Waals surface area contributed by atoms with Crippen molar-refractivity contribution in [3.8, 4) is 12.1 Å². The lowest BCUT2D eigenvalue weighted by Crippen LogP contribution is -2.46. The van der Waals surface area contributed by atoms with Crippen LogP contribution in [0.2, 0.25) is 0 Å². The van der Waals surface area contributed by atoms with Crippen molar-refractivity contribution in [2.24, 2.45) is 5.41 Å². The van der Waals surface area contributed by atoms with E-state index >= 15 is 0 Å².